The number of Topliss-reactive ketones (excluding diaryl/α,β-unsaturated/α-hetero) is 1. The number of nitrogens with zero attached hydrogens (tertiary/aromatic N) is 1. The Morgan fingerprint density at radius 3 is 2.48 bits per heavy atom. The molecule has 0 saturated carbocycles. The minimum Gasteiger partial charge on any atom is -0.497 e. The molecule has 0 saturated heterocycles. The van der Waals surface area contributed by atoms with Crippen LogP contribution in [-0.4, -0.2) is 36.1 Å². The second kappa shape index (κ2) is 7.06. The van der Waals surface area contributed by atoms with E-state index in [1.165, 1.54) is 14.0 Å². The van der Waals surface area contributed by atoms with Crippen molar-refractivity contribution in [2.24, 2.45) is 0 Å². The van der Waals surface area contributed by atoms with Crippen molar-refractivity contribution in [1.82, 2.24) is 10.3 Å². The number of ether oxygens (including phenoxy) is 2. The van der Waals surface area contributed by atoms with E-state index in [9.17, 15) is 9.59 Å². The average molecular weight is 294 g/mol. The van der Waals surface area contributed by atoms with Gasteiger partial charge in [-0.2, -0.15) is 0 Å². The molecular weight excluding hydrogens is 272 g/mol. The van der Waals surface area contributed by atoms with E-state index >= 15 is 0 Å². The van der Waals surface area contributed by atoms with E-state index in [-0.39, 0.29) is 5.78 Å². The zero-order valence-electron chi connectivity index (χ0n) is 13.1. The number of hydrogen-bond acceptors (Lipinski definition) is 5. The normalized spacial score (nSPS) is 10.9. The van der Waals surface area contributed by atoms with Gasteiger partial charge in [0.05, 0.1) is 7.11 Å². The molecule has 0 bridgehead atoms. The van der Waals surface area contributed by atoms with E-state index in [0.29, 0.717) is 30.1 Å². The van der Waals surface area contributed by atoms with Crippen molar-refractivity contribution in [2.45, 2.75) is 39.7 Å². The van der Waals surface area contributed by atoms with Gasteiger partial charge in [0.25, 0.3) is 0 Å². The highest BCUT2D eigenvalue weighted by atomic mass is 16.6. The van der Waals surface area contributed by atoms with Gasteiger partial charge in [0, 0.05) is 37.7 Å². The molecular formula is C15H22N2O4. The van der Waals surface area contributed by atoms with Crippen LogP contribution in [-0.2, 0) is 11.2 Å². The van der Waals surface area contributed by atoms with Crippen molar-refractivity contribution < 1.29 is 19.1 Å². The molecule has 116 valence electrons. The number of ketones is 1. The highest BCUT2D eigenvalue weighted by Crippen LogP contribution is 2.14. The summed E-state index contributed by atoms with van der Waals surface area (Å²) in [4.78, 5) is 27.1. The van der Waals surface area contributed by atoms with E-state index in [1.54, 1.807) is 32.9 Å². The molecule has 1 amide bonds. The summed E-state index contributed by atoms with van der Waals surface area (Å²) in [5.41, 5.74) is 0.498. The molecule has 1 N–H and O–H groups in total. The number of rotatable bonds is 5. The average Bonchev–Trinajstić information content (AvgIpc) is 2.36. The number of hydrogen-bond donors (Lipinski definition) is 1. The first-order chi connectivity index (χ1) is 9.71. The Bertz CT molecular complexity index is 521. The molecule has 0 fully saturated rings. The molecule has 0 aromatic carbocycles. The van der Waals surface area contributed by atoms with Gasteiger partial charge >= 0.3 is 6.09 Å². The molecule has 1 rings (SSSR count). The van der Waals surface area contributed by atoms with Crippen LogP contribution in [0.3, 0.4) is 0 Å². The summed E-state index contributed by atoms with van der Waals surface area (Å²) in [6, 6.07) is 3.33. The summed E-state index contributed by atoms with van der Waals surface area (Å²) in [6.45, 7) is 7.22. The van der Waals surface area contributed by atoms with Crippen molar-refractivity contribution in [2.75, 3.05) is 13.7 Å². The van der Waals surface area contributed by atoms with Crippen LogP contribution in [0.25, 0.3) is 0 Å². The van der Waals surface area contributed by atoms with Crippen LogP contribution in [0.2, 0.25) is 0 Å². The molecule has 1 aromatic heterocycles. The third kappa shape index (κ3) is 6.25. The topological polar surface area (TPSA) is 77.5 Å². The Morgan fingerprint density at radius 2 is 1.95 bits per heavy atom. The van der Waals surface area contributed by atoms with Gasteiger partial charge in [-0.3, -0.25) is 4.79 Å². The van der Waals surface area contributed by atoms with Crippen LogP contribution in [0.5, 0.6) is 5.75 Å². The third-order valence-electron chi connectivity index (χ3n) is 2.50. The fraction of sp³-hybridized carbons (Fsp3) is 0.533. The molecule has 1 aromatic rings. The zero-order valence-corrected chi connectivity index (χ0v) is 13.1. The molecule has 0 atom stereocenters. The van der Waals surface area contributed by atoms with Gasteiger partial charge in [-0.15, -0.1) is 0 Å². The maximum Gasteiger partial charge on any atom is 0.407 e. The lowest BCUT2D eigenvalue weighted by atomic mass is 10.2. The predicted molar refractivity (Wildman–Crippen MR) is 78.7 cm³/mol. The molecule has 6 heteroatoms. The fourth-order valence-electron chi connectivity index (χ4n) is 1.59. The molecule has 0 aliphatic heterocycles. The lowest BCUT2D eigenvalue weighted by molar-refractivity contribution is 0.0528. The van der Waals surface area contributed by atoms with Crippen LogP contribution in [0.1, 0.15) is 43.9 Å². The smallest absolute Gasteiger partial charge is 0.407 e. The number of aromatic nitrogens is 1. The summed E-state index contributed by atoms with van der Waals surface area (Å²) in [7, 11) is 1.53. The minimum atomic E-state index is -0.528. The summed E-state index contributed by atoms with van der Waals surface area (Å²) >= 11 is 0. The Morgan fingerprint density at radius 1 is 1.29 bits per heavy atom. The number of carbonyl (C=O) groups excluding carboxylic acids is 2. The number of pyridine rings is 1. The Hall–Kier alpha value is -2.11. The van der Waals surface area contributed by atoms with Crippen molar-refractivity contribution in [3.8, 4) is 5.75 Å². The standard InChI is InChI=1S/C15H22N2O4/c1-10(18)13-9-12(20-5)8-11(17-13)6-7-16-14(19)21-15(2,3)4/h8-9H,6-7H2,1-5H3,(H,16,19). The van der Waals surface area contributed by atoms with Crippen LogP contribution in [0, 0.1) is 0 Å². The quantitative estimate of drug-likeness (QED) is 0.843. The first-order valence-corrected chi connectivity index (χ1v) is 6.74. The van der Waals surface area contributed by atoms with Crippen LogP contribution in [0.4, 0.5) is 4.79 Å². The molecule has 0 unspecified atom stereocenters. The highest BCUT2D eigenvalue weighted by Gasteiger charge is 2.15. The highest BCUT2D eigenvalue weighted by molar-refractivity contribution is 5.92. The van der Waals surface area contributed by atoms with E-state index in [0.717, 1.165) is 0 Å². The Kier molecular flexibility index (Phi) is 5.69. The van der Waals surface area contributed by atoms with Crippen LogP contribution < -0.4 is 10.1 Å². The van der Waals surface area contributed by atoms with Crippen LogP contribution in [0.15, 0.2) is 12.1 Å². The molecule has 0 spiro atoms. The second-order valence-corrected chi connectivity index (χ2v) is 5.62. The van der Waals surface area contributed by atoms with Gasteiger partial charge in [0.2, 0.25) is 0 Å². The van der Waals surface area contributed by atoms with Crippen molar-refractivity contribution in [3.63, 3.8) is 0 Å². The number of nitrogens with one attached hydrogen (secondary N) is 1. The SMILES string of the molecule is COc1cc(CCNC(=O)OC(C)(C)C)nc(C(C)=O)c1. The first-order valence-electron chi connectivity index (χ1n) is 6.74. The predicted octanol–water partition coefficient (Wildman–Crippen LogP) is 2.36. The van der Waals surface area contributed by atoms with E-state index in [2.05, 4.69) is 10.3 Å². The summed E-state index contributed by atoms with van der Waals surface area (Å²) in [5, 5.41) is 2.65. The molecule has 0 aliphatic rings. The third-order valence-corrected chi connectivity index (χ3v) is 2.50. The summed E-state index contributed by atoms with van der Waals surface area (Å²) in [5.74, 6) is 0.442. The fourth-order valence-corrected chi connectivity index (χ4v) is 1.59. The lowest BCUT2D eigenvalue weighted by Gasteiger charge is -2.19. The Balaban J connectivity index is 2.61. The van der Waals surface area contributed by atoms with Crippen molar-refractivity contribution in [1.29, 1.82) is 0 Å². The number of amides is 1. The zero-order chi connectivity index (χ0) is 16.0. The van der Waals surface area contributed by atoms with E-state index < -0.39 is 11.7 Å². The van der Waals surface area contributed by atoms with E-state index in [4.69, 9.17) is 9.47 Å². The van der Waals surface area contributed by atoms with Crippen molar-refractivity contribution >= 4 is 11.9 Å². The van der Waals surface area contributed by atoms with Gasteiger partial charge in [-0.1, -0.05) is 0 Å². The summed E-state index contributed by atoms with van der Waals surface area (Å²) in [6.07, 6.45) is 0.00803. The number of carbonyl (C=O) groups is 2. The van der Waals surface area contributed by atoms with Gasteiger partial charge in [0.1, 0.15) is 17.0 Å². The van der Waals surface area contributed by atoms with Gasteiger partial charge in [-0.05, 0) is 20.8 Å². The molecule has 21 heavy (non-hydrogen) atoms. The molecule has 1 heterocycles. The van der Waals surface area contributed by atoms with E-state index in [1.807, 2.05) is 0 Å². The molecule has 6 nitrogen and oxygen atoms in total. The second-order valence-electron chi connectivity index (χ2n) is 5.62. The number of alkyl carbamates (subject to hydrolysis) is 1. The molecule has 0 aliphatic carbocycles. The first kappa shape index (κ1) is 16.9. The number of methoxy groups -OCH3 is 1. The van der Waals surface area contributed by atoms with Gasteiger partial charge in [-0.25, -0.2) is 9.78 Å². The molecule has 0 radical (unpaired) electrons. The van der Waals surface area contributed by atoms with Crippen LogP contribution >= 0.6 is 0 Å². The minimum absolute atomic E-state index is 0.129. The largest absolute Gasteiger partial charge is 0.497 e. The van der Waals surface area contributed by atoms with Crippen molar-refractivity contribution in [3.05, 3.63) is 23.5 Å². The maximum absolute atomic E-state index is 11.5. The maximum atomic E-state index is 11.5. The van der Waals surface area contributed by atoms with Gasteiger partial charge < -0.3 is 14.8 Å². The lowest BCUT2D eigenvalue weighted by Crippen LogP contribution is -2.33. The summed E-state index contributed by atoms with van der Waals surface area (Å²) < 4.78 is 10.3. The Labute approximate surface area is 124 Å². The monoisotopic (exact) mass is 294 g/mol. The van der Waals surface area contributed by atoms with Gasteiger partial charge in [0.15, 0.2) is 5.78 Å².